The summed E-state index contributed by atoms with van der Waals surface area (Å²) in [4.78, 5) is 10.5. The molecule has 0 aliphatic heterocycles. The average Bonchev–Trinajstić information content (AvgIpc) is 2.41. The standard InChI is InChI=1S/C14H13FN2O2/c1-10(16-13-8-4-3-7-12(13)15)11-6-2-5-9-14(11)17(18)19/h2-10,16H,1H3. The fourth-order valence-corrected chi connectivity index (χ4v) is 1.91. The van der Waals surface area contributed by atoms with E-state index in [1.165, 1.54) is 12.1 Å². The lowest BCUT2D eigenvalue weighted by molar-refractivity contribution is -0.385. The van der Waals surface area contributed by atoms with Crippen molar-refractivity contribution in [3.63, 3.8) is 0 Å². The third-order valence-corrected chi connectivity index (χ3v) is 2.85. The minimum absolute atomic E-state index is 0.0267. The third kappa shape index (κ3) is 2.88. The third-order valence-electron chi connectivity index (χ3n) is 2.85. The van der Waals surface area contributed by atoms with Crippen molar-refractivity contribution in [2.24, 2.45) is 0 Å². The minimum atomic E-state index is -0.436. The molecule has 1 unspecified atom stereocenters. The van der Waals surface area contributed by atoms with Crippen LogP contribution in [-0.2, 0) is 0 Å². The van der Waals surface area contributed by atoms with Crippen LogP contribution in [0.4, 0.5) is 15.8 Å². The van der Waals surface area contributed by atoms with Crippen molar-refractivity contribution in [1.82, 2.24) is 0 Å². The van der Waals surface area contributed by atoms with Crippen LogP contribution in [-0.4, -0.2) is 4.92 Å². The molecular formula is C14H13FN2O2. The topological polar surface area (TPSA) is 55.2 Å². The number of para-hydroxylation sites is 2. The quantitative estimate of drug-likeness (QED) is 0.669. The number of anilines is 1. The van der Waals surface area contributed by atoms with Gasteiger partial charge in [0, 0.05) is 6.07 Å². The zero-order chi connectivity index (χ0) is 13.8. The lowest BCUT2D eigenvalue weighted by atomic mass is 10.1. The first-order valence-electron chi connectivity index (χ1n) is 5.84. The highest BCUT2D eigenvalue weighted by Gasteiger charge is 2.18. The molecule has 2 aromatic carbocycles. The van der Waals surface area contributed by atoms with Gasteiger partial charge in [-0.25, -0.2) is 4.39 Å². The Bertz CT molecular complexity index is 602. The van der Waals surface area contributed by atoms with E-state index in [0.29, 0.717) is 11.3 Å². The van der Waals surface area contributed by atoms with Gasteiger partial charge >= 0.3 is 0 Å². The molecule has 19 heavy (non-hydrogen) atoms. The molecule has 0 radical (unpaired) electrons. The zero-order valence-corrected chi connectivity index (χ0v) is 10.3. The van der Waals surface area contributed by atoms with Crippen LogP contribution in [0, 0.1) is 15.9 Å². The molecule has 0 bridgehead atoms. The summed E-state index contributed by atoms with van der Waals surface area (Å²) in [5, 5.41) is 13.9. The number of halogens is 1. The molecule has 1 N–H and O–H groups in total. The number of hydrogen-bond acceptors (Lipinski definition) is 3. The lowest BCUT2D eigenvalue weighted by Gasteiger charge is -2.16. The van der Waals surface area contributed by atoms with Crippen LogP contribution >= 0.6 is 0 Å². The molecule has 2 rings (SSSR count). The summed E-state index contributed by atoms with van der Waals surface area (Å²) in [6.07, 6.45) is 0. The molecule has 2 aromatic rings. The van der Waals surface area contributed by atoms with E-state index < -0.39 is 4.92 Å². The monoisotopic (exact) mass is 260 g/mol. The Hall–Kier alpha value is -2.43. The van der Waals surface area contributed by atoms with E-state index in [1.807, 2.05) is 0 Å². The summed E-state index contributed by atoms with van der Waals surface area (Å²) in [6, 6.07) is 12.3. The molecular weight excluding hydrogens is 247 g/mol. The Labute approximate surface area is 110 Å². The first-order chi connectivity index (χ1) is 9.09. The van der Waals surface area contributed by atoms with Crippen molar-refractivity contribution < 1.29 is 9.31 Å². The van der Waals surface area contributed by atoms with Crippen LogP contribution < -0.4 is 5.32 Å². The Morgan fingerprint density at radius 3 is 2.47 bits per heavy atom. The second-order valence-corrected chi connectivity index (χ2v) is 4.16. The van der Waals surface area contributed by atoms with Crippen LogP contribution in [0.15, 0.2) is 48.5 Å². The van der Waals surface area contributed by atoms with Crippen molar-refractivity contribution >= 4 is 11.4 Å². The summed E-state index contributed by atoms with van der Waals surface area (Å²) in [5.74, 6) is -0.382. The van der Waals surface area contributed by atoms with Gasteiger partial charge in [0.2, 0.25) is 0 Å². The maximum absolute atomic E-state index is 13.5. The summed E-state index contributed by atoms with van der Waals surface area (Å²) in [6.45, 7) is 1.76. The van der Waals surface area contributed by atoms with Crippen LogP contribution in [0.2, 0.25) is 0 Å². The summed E-state index contributed by atoms with van der Waals surface area (Å²) in [5.41, 5.74) is 0.878. The molecule has 0 saturated carbocycles. The second-order valence-electron chi connectivity index (χ2n) is 4.16. The molecule has 0 spiro atoms. The average molecular weight is 260 g/mol. The molecule has 0 saturated heterocycles. The number of nitro groups is 1. The van der Waals surface area contributed by atoms with Gasteiger partial charge in [-0.3, -0.25) is 10.1 Å². The highest BCUT2D eigenvalue weighted by atomic mass is 19.1. The van der Waals surface area contributed by atoms with E-state index in [0.717, 1.165) is 0 Å². The van der Waals surface area contributed by atoms with Crippen molar-refractivity contribution in [3.8, 4) is 0 Å². The molecule has 0 fully saturated rings. The van der Waals surface area contributed by atoms with Crippen molar-refractivity contribution in [1.29, 1.82) is 0 Å². The first-order valence-corrected chi connectivity index (χ1v) is 5.84. The Balaban J connectivity index is 2.28. The van der Waals surface area contributed by atoms with Gasteiger partial charge in [-0.05, 0) is 19.1 Å². The Kier molecular flexibility index (Phi) is 3.75. The van der Waals surface area contributed by atoms with Gasteiger partial charge in [-0.1, -0.05) is 30.3 Å². The summed E-state index contributed by atoms with van der Waals surface area (Å²) >= 11 is 0. The second kappa shape index (κ2) is 5.48. The van der Waals surface area contributed by atoms with E-state index >= 15 is 0 Å². The van der Waals surface area contributed by atoms with Gasteiger partial charge in [-0.2, -0.15) is 0 Å². The molecule has 0 amide bonds. The Morgan fingerprint density at radius 2 is 1.79 bits per heavy atom. The van der Waals surface area contributed by atoms with Gasteiger partial charge in [0.15, 0.2) is 0 Å². The van der Waals surface area contributed by atoms with Crippen LogP contribution in [0.25, 0.3) is 0 Å². The number of nitro benzene ring substituents is 1. The molecule has 0 heterocycles. The first kappa shape index (κ1) is 13.0. The van der Waals surface area contributed by atoms with E-state index in [9.17, 15) is 14.5 Å². The fraction of sp³-hybridized carbons (Fsp3) is 0.143. The number of hydrogen-bond donors (Lipinski definition) is 1. The molecule has 98 valence electrons. The molecule has 4 nitrogen and oxygen atoms in total. The normalized spacial score (nSPS) is 11.9. The maximum atomic E-state index is 13.5. The van der Waals surface area contributed by atoms with E-state index in [4.69, 9.17) is 0 Å². The Morgan fingerprint density at radius 1 is 1.16 bits per heavy atom. The number of nitrogens with zero attached hydrogens (tertiary/aromatic N) is 1. The number of nitrogens with one attached hydrogen (secondary N) is 1. The fourth-order valence-electron chi connectivity index (χ4n) is 1.91. The van der Waals surface area contributed by atoms with Gasteiger partial charge in [0.1, 0.15) is 5.82 Å². The minimum Gasteiger partial charge on any atom is -0.376 e. The van der Waals surface area contributed by atoms with E-state index in [2.05, 4.69) is 5.32 Å². The number of benzene rings is 2. The molecule has 0 aromatic heterocycles. The van der Waals surface area contributed by atoms with E-state index in [-0.39, 0.29) is 17.5 Å². The van der Waals surface area contributed by atoms with E-state index in [1.54, 1.807) is 43.3 Å². The van der Waals surface area contributed by atoms with Crippen molar-refractivity contribution in [3.05, 3.63) is 70.0 Å². The predicted octanol–water partition coefficient (Wildman–Crippen LogP) is 3.91. The highest BCUT2D eigenvalue weighted by Crippen LogP contribution is 2.28. The van der Waals surface area contributed by atoms with Gasteiger partial charge < -0.3 is 5.32 Å². The predicted molar refractivity (Wildman–Crippen MR) is 71.5 cm³/mol. The molecule has 5 heteroatoms. The van der Waals surface area contributed by atoms with Gasteiger partial charge in [0.25, 0.3) is 5.69 Å². The maximum Gasteiger partial charge on any atom is 0.274 e. The number of rotatable bonds is 4. The molecule has 0 aliphatic carbocycles. The summed E-state index contributed by atoms with van der Waals surface area (Å²) in [7, 11) is 0. The van der Waals surface area contributed by atoms with Crippen LogP contribution in [0.5, 0.6) is 0 Å². The zero-order valence-electron chi connectivity index (χ0n) is 10.3. The molecule has 1 atom stereocenters. The van der Waals surface area contributed by atoms with Gasteiger partial charge in [-0.15, -0.1) is 0 Å². The largest absolute Gasteiger partial charge is 0.376 e. The SMILES string of the molecule is CC(Nc1ccccc1F)c1ccccc1[N+](=O)[O-]. The summed E-state index contributed by atoms with van der Waals surface area (Å²) < 4.78 is 13.5. The molecule has 0 aliphatic rings. The van der Waals surface area contributed by atoms with Crippen molar-refractivity contribution in [2.45, 2.75) is 13.0 Å². The smallest absolute Gasteiger partial charge is 0.274 e. The highest BCUT2D eigenvalue weighted by molar-refractivity contribution is 5.50. The lowest BCUT2D eigenvalue weighted by Crippen LogP contribution is -2.10. The van der Waals surface area contributed by atoms with Crippen LogP contribution in [0.1, 0.15) is 18.5 Å². The van der Waals surface area contributed by atoms with Crippen molar-refractivity contribution in [2.75, 3.05) is 5.32 Å². The van der Waals surface area contributed by atoms with Crippen LogP contribution in [0.3, 0.4) is 0 Å². The van der Waals surface area contributed by atoms with Gasteiger partial charge in [0.05, 0.1) is 22.2 Å².